The van der Waals surface area contributed by atoms with Crippen LogP contribution in [-0.4, -0.2) is 73.8 Å². The van der Waals surface area contributed by atoms with Crippen molar-refractivity contribution in [3.8, 4) is 5.75 Å². The van der Waals surface area contributed by atoms with Crippen molar-refractivity contribution in [2.45, 2.75) is 64.1 Å². The van der Waals surface area contributed by atoms with Crippen molar-refractivity contribution in [2.75, 3.05) is 32.8 Å². The molecule has 0 amide bonds. The lowest BCUT2D eigenvalue weighted by molar-refractivity contribution is 0.0617. The standard InChI is InChI=1S/C31H39N7O2/c1-2-40-26-13-14-28-24(21-26)22-27(31(39)32-28)29(37-19-17-36(18-20-37)25-11-7-4-8-12-25)30-33-34-35-38(30)16-15-23-9-5-3-6-10-23/h3,5-6,9-10,13-14,21-22,25,29H,2,4,7-8,11-12,15-20H2,1H3,(H,32,39)/t29-/m0/s1. The van der Waals surface area contributed by atoms with E-state index in [1.165, 1.54) is 37.7 Å². The number of fused-ring (bicyclic) bond motifs is 1. The molecule has 1 atom stereocenters. The molecule has 2 fully saturated rings. The number of H-pyrrole nitrogens is 1. The van der Waals surface area contributed by atoms with Crippen LogP contribution in [0.1, 0.15) is 62.0 Å². The molecule has 2 aliphatic rings. The number of pyridine rings is 1. The molecule has 3 heterocycles. The summed E-state index contributed by atoms with van der Waals surface area (Å²) in [5, 5.41) is 13.9. The zero-order valence-corrected chi connectivity index (χ0v) is 23.3. The number of hydrogen-bond acceptors (Lipinski definition) is 7. The van der Waals surface area contributed by atoms with Gasteiger partial charge in [-0.15, -0.1) is 5.10 Å². The average molecular weight is 542 g/mol. The van der Waals surface area contributed by atoms with E-state index in [0.717, 1.165) is 49.3 Å². The van der Waals surface area contributed by atoms with Crippen LogP contribution in [0.3, 0.4) is 0 Å². The van der Waals surface area contributed by atoms with Crippen LogP contribution >= 0.6 is 0 Å². The van der Waals surface area contributed by atoms with Gasteiger partial charge >= 0.3 is 0 Å². The van der Waals surface area contributed by atoms with Crippen LogP contribution in [0, 0.1) is 0 Å². The molecule has 4 aromatic rings. The van der Waals surface area contributed by atoms with Crippen LogP contribution < -0.4 is 10.3 Å². The fraction of sp³-hybridized carbons (Fsp3) is 0.484. The largest absolute Gasteiger partial charge is 0.494 e. The van der Waals surface area contributed by atoms with E-state index in [0.29, 0.717) is 30.6 Å². The predicted octanol–water partition coefficient (Wildman–Crippen LogP) is 4.20. The van der Waals surface area contributed by atoms with Crippen LogP contribution in [-0.2, 0) is 13.0 Å². The van der Waals surface area contributed by atoms with E-state index in [2.05, 4.69) is 54.6 Å². The highest BCUT2D eigenvalue weighted by atomic mass is 16.5. The molecule has 1 aliphatic carbocycles. The van der Waals surface area contributed by atoms with Gasteiger partial charge in [-0.1, -0.05) is 49.6 Å². The number of piperazine rings is 1. The Hall–Kier alpha value is -3.56. The normalized spacial score (nSPS) is 18.2. The van der Waals surface area contributed by atoms with Gasteiger partial charge in [-0.05, 0) is 66.4 Å². The monoisotopic (exact) mass is 541 g/mol. The molecule has 40 heavy (non-hydrogen) atoms. The number of tetrazole rings is 1. The number of aryl methyl sites for hydroxylation is 2. The van der Waals surface area contributed by atoms with Gasteiger partial charge in [0, 0.05) is 55.2 Å². The molecule has 2 aromatic heterocycles. The summed E-state index contributed by atoms with van der Waals surface area (Å²) in [5.41, 5.74) is 2.59. The molecule has 2 aromatic carbocycles. The predicted molar refractivity (Wildman–Crippen MR) is 156 cm³/mol. The molecule has 9 heteroatoms. The fourth-order valence-corrected chi connectivity index (χ4v) is 6.41. The molecular formula is C31H39N7O2. The smallest absolute Gasteiger partial charge is 0.253 e. The van der Waals surface area contributed by atoms with Gasteiger partial charge in [0.05, 0.1) is 6.61 Å². The van der Waals surface area contributed by atoms with Gasteiger partial charge < -0.3 is 9.72 Å². The molecule has 0 spiro atoms. The lowest BCUT2D eigenvalue weighted by Gasteiger charge is -2.43. The quantitative estimate of drug-likeness (QED) is 0.340. The number of hydrogen-bond donors (Lipinski definition) is 1. The van der Waals surface area contributed by atoms with Crippen molar-refractivity contribution in [1.29, 1.82) is 0 Å². The summed E-state index contributed by atoms with van der Waals surface area (Å²) >= 11 is 0. The Morgan fingerprint density at radius 2 is 1.80 bits per heavy atom. The third-order valence-electron chi connectivity index (χ3n) is 8.51. The number of aromatic nitrogens is 5. The summed E-state index contributed by atoms with van der Waals surface area (Å²) < 4.78 is 7.63. The molecular weight excluding hydrogens is 502 g/mol. The van der Waals surface area contributed by atoms with Crippen molar-refractivity contribution in [3.05, 3.63) is 81.9 Å². The minimum atomic E-state index is -0.344. The van der Waals surface area contributed by atoms with E-state index in [1.807, 2.05) is 41.9 Å². The summed E-state index contributed by atoms with van der Waals surface area (Å²) in [6.45, 7) is 6.92. The lowest BCUT2D eigenvalue weighted by Crippen LogP contribution is -2.52. The summed E-state index contributed by atoms with van der Waals surface area (Å²) in [4.78, 5) is 21.8. The summed E-state index contributed by atoms with van der Waals surface area (Å²) in [6, 6.07) is 18.5. The van der Waals surface area contributed by atoms with Gasteiger partial charge in [0.15, 0.2) is 5.82 Å². The van der Waals surface area contributed by atoms with Gasteiger partial charge in [0.25, 0.3) is 5.56 Å². The highest BCUT2D eigenvalue weighted by Gasteiger charge is 2.34. The maximum atomic E-state index is 13.6. The first-order valence-corrected chi connectivity index (χ1v) is 14.8. The Labute approximate surface area is 235 Å². The summed E-state index contributed by atoms with van der Waals surface area (Å²) in [7, 11) is 0. The Morgan fingerprint density at radius 1 is 1.00 bits per heavy atom. The second kappa shape index (κ2) is 12.3. The molecule has 1 N–H and O–H groups in total. The van der Waals surface area contributed by atoms with Gasteiger partial charge in [-0.25, -0.2) is 4.68 Å². The number of nitrogens with zero attached hydrogens (tertiary/aromatic N) is 6. The minimum Gasteiger partial charge on any atom is -0.494 e. The Morgan fingerprint density at radius 3 is 2.58 bits per heavy atom. The van der Waals surface area contributed by atoms with E-state index < -0.39 is 0 Å². The molecule has 1 saturated heterocycles. The van der Waals surface area contributed by atoms with Crippen LogP contribution in [0.25, 0.3) is 10.9 Å². The fourth-order valence-electron chi connectivity index (χ4n) is 6.41. The molecule has 0 radical (unpaired) electrons. The molecule has 1 saturated carbocycles. The van der Waals surface area contributed by atoms with Crippen LogP contribution in [0.5, 0.6) is 5.75 Å². The molecule has 9 nitrogen and oxygen atoms in total. The number of aromatic amines is 1. The Bertz CT molecular complexity index is 1450. The van der Waals surface area contributed by atoms with E-state index in [-0.39, 0.29) is 11.6 Å². The Kier molecular flexibility index (Phi) is 8.20. The van der Waals surface area contributed by atoms with Gasteiger partial charge in [-0.3, -0.25) is 14.6 Å². The molecule has 0 bridgehead atoms. The molecule has 0 unspecified atom stereocenters. The van der Waals surface area contributed by atoms with Crippen LogP contribution in [0.2, 0.25) is 0 Å². The third-order valence-corrected chi connectivity index (χ3v) is 8.51. The van der Waals surface area contributed by atoms with Crippen molar-refractivity contribution >= 4 is 10.9 Å². The first-order chi connectivity index (χ1) is 19.7. The second-order valence-electron chi connectivity index (χ2n) is 11.0. The average Bonchev–Trinajstić information content (AvgIpc) is 3.46. The highest BCUT2D eigenvalue weighted by molar-refractivity contribution is 5.80. The van der Waals surface area contributed by atoms with Gasteiger partial charge in [0.2, 0.25) is 0 Å². The third kappa shape index (κ3) is 5.81. The number of rotatable bonds is 9. The van der Waals surface area contributed by atoms with E-state index in [9.17, 15) is 4.79 Å². The van der Waals surface area contributed by atoms with Crippen molar-refractivity contribution < 1.29 is 4.74 Å². The molecule has 1 aliphatic heterocycles. The maximum absolute atomic E-state index is 13.6. The van der Waals surface area contributed by atoms with Crippen molar-refractivity contribution in [3.63, 3.8) is 0 Å². The van der Waals surface area contributed by atoms with E-state index in [1.54, 1.807) is 0 Å². The number of benzene rings is 2. The lowest BCUT2D eigenvalue weighted by atomic mass is 9.93. The molecule has 6 rings (SSSR count). The zero-order valence-electron chi connectivity index (χ0n) is 23.3. The topological polar surface area (TPSA) is 92.2 Å². The summed E-state index contributed by atoms with van der Waals surface area (Å²) in [5.74, 6) is 1.51. The van der Waals surface area contributed by atoms with E-state index in [4.69, 9.17) is 4.74 Å². The first kappa shape index (κ1) is 26.7. The SMILES string of the molecule is CCOc1ccc2[nH]c(=O)c([C@@H](c3nnnn3CCc3ccccc3)N3CCN(C4CCCCC4)CC3)cc2c1. The first-order valence-electron chi connectivity index (χ1n) is 14.8. The minimum absolute atomic E-state index is 0.103. The van der Waals surface area contributed by atoms with Gasteiger partial charge in [-0.2, -0.15) is 0 Å². The highest BCUT2D eigenvalue weighted by Crippen LogP contribution is 2.30. The summed E-state index contributed by atoms with van der Waals surface area (Å²) in [6.07, 6.45) is 7.44. The zero-order chi connectivity index (χ0) is 27.3. The van der Waals surface area contributed by atoms with Crippen LogP contribution in [0.15, 0.2) is 59.4 Å². The van der Waals surface area contributed by atoms with E-state index >= 15 is 0 Å². The number of ether oxygens (including phenoxy) is 1. The Balaban J connectivity index is 1.33. The second-order valence-corrected chi connectivity index (χ2v) is 11.0. The van der Waals surface area contributed by atoms with Crippen molar-refractivity contribution in [2.24, 2.45) is 0 Å². The van der Waals surface area contributed by atoms with Gasteiger partial charge in [0.1, 0.15) is 11.8 Å². The van der Waals surface area contributed by atoms with Crippen LogP contribution in [0.4, 0.5) is 0 Å². The number of nitrogens with one attached hydrogen (secondary N) is 1. The molecule has 210 valence electrons. The van der Waals surface area contributed by atoms with Crippen molar-refractivity contribution in [1.82, 2.24) is 35.0 Å². The maximum Gasteiger partial charge on any atom is 0.253 e.